The lowest BCUT2D eigenvalue weighted by Gasteiger charge is -2.26. The molecule has 34 heavy (non-hydrogen) atoms. The second kappa shape index (κ2) is 11.0. The van der Waals surface area contributed by atoms with Gasteiger partial charge in [-0.2, -0.15) is 0 Å². The van der Waals surface area contributed by atoms with Crippen molar-refractivity contribution in [1.82, 2.24) is 19.2 Å². The summed E-state index contributed by atoms with van der Waals surface area (Å²) < 4.78 is 7.47. The van der Waals surface area contributed by atoms with E-state index in [-0.39, 0.29) is 17.5 Å². The first kappa shape index (κ1) is 24.8. The third kappa shape index (κ3) is 5.19. The van der Waals surface area contributed by atoms with Crippen molar-refractivity contribution in [3.63, 3.8) is 0 Å². The maximum Gasteiger partial charge on any atom is 0.267 e. The van der Waals surface area contributed by atoms with Crippen LogP contribution in [0.25, 0.3) is 11.7 Å². The molecule has 0 unspecified atom stereocenters. The molecular weight excluding hydrogens is 470 g/mol. The highest BCUT2D eigenvalue weighted by molar-refractivity contribution is 8.26. The minimum Gasteiger partial charge on any atom is -0.379 e. The van der Waals surface area contributed by atoms with Crippen LogP contribution >= 0.6 is 24.0 Å². The second-order valence-electron chi connectivity index (χ2n) is 8.61. The van der Waals surface area contributed by atoms with Gasteiger partial charge in [-0.3, -0.25) is 23.8 Å². The Bertz CT molecular complexity index is 1170. The molecule has 0 aliphatic carbocycles. The predicted molar refractivity (Wildman–Crippen MR) is 141 cm³/mol. The van der Waals surface area contributed by atoms with E-state index in [1.165, 1.54) is 16.2 Å². The number of hydrogen-bond acceptors (Lipinski definition) is 8. The van der Waals surface area contributed by atoms with Gasteiger partial charge in [-0.05, 0) is 50.9 Å². The molecular formula is C24H31N5O3S2. The minimum atomic E-state index is -0.210. The van der Waals surface area contributed by atoms with Gasteiger partial charge in [0, 0.05) is 31.9 Å². The van der Waals surface area contributed by atoms with Crippen LogP contribution in [-0.2, 0) is 9.53 Å². The summed E-state index contributed by atoms with van der Waals surface area (Å²) in [5.41, 5.74) is 1.68. The van der Waals surface area contributed by atoms with E-state index < -0.39 is 0 Å². The van der Waals surface area contributed by atoms with E-state index in [1.807, 2.05) is 32.9 Å². The predicted octanol–water partition coefficient (Wildman–Crippen LogP) is 3.14. The number of nitrogens with zero attached hydrogens (tertiary/aromatic N) is 4. The van der Waals surface area contributed by atoms with Gasteiger partial charge in [0.25, 0.3) is 11.5 Å². The number of fused-ring (bicyclic) bond motifs is 1. The zero-order valence-electron chi connectivity index (χ0n) is 19.9. The summed E-state index contributed by atoms with van der Waals surface area (Å²) in [5, 5.41) is 3.36. The van der Waals surface area contributed by atoms with Gasteiger partial charge in [-0.1, -0.05) is 37.0 Å². The Labute approximate surface area is 209 Å². The van der Waals surface area contributed by atoms with Crippen LogP contribution in [0.2, 0.25) is 0 Å². The number of aromatic nitrogens is 2. The normalized spacial score (nSPS) is 19.4. The summed E-state index contributed by atoms with van der Waals surface area (Å²) >= 11 is 6.70. The third-order valence-corrected chi connectivity index (χ3v) is 7.59. The number of pyridine rings is 1. The number of thiocarbonyl (C=S) groups is 1. The number of hydrogen-bond donors (Lipinski definition) is 1. The molecule has 1 N–H and O–H groups in total. The van der Waals surface area contributed by atoms with Gasteiger partial charge in [-0.25, -0.2) is 4.98 Å². The van der Waals surface area contributed by atoms with Crippen molar-refractivity contribution < 1.29 is 9.53 Å². The maximum absolute atomic E-state index is 13.5. The molecule has 182 valence electrons. The van der Waals surface area contributed by atoms with E-state index in [0.717, 1.165) is 51.3 Å². The van der Waals surface area contributed by atoms with Crippen molar-refractivity contribution in [2.75, 3.05) is 44.7 Å². The maximum atomic E-state index is 13.5. The number of carbonyl (C=O) groups excluding carboxylic acids is 1. The van der Waals surface area contributed by atoms with E-state index in [4.69, 9.17) is 21.9 Å². The first-order chi connectivity index (χ1) is 16.4. The fraction of sp³-hybridized carbons (Fsp3) is 0.500. The average molecular weight is 502 g/mol. The number of morpholine rings is 1. The highest BCUT2D eigenvalue weighted by Crippen LogP contribution is 2.34. The minimum absolute atomic E-state index is 0.00894. The molecule has 2 saturated heterocycles. The number of anilines is 1. The average Bonchev–Trinajstić information content (AvgIpc) is 3.12. The highest BCUT2D eigenvalue weighted by atomic mass is 32.2. The standard InChI is InChI=1S/C24H31N5O3S2/c1-4-17(3)29-23(31)19(34-24(29)33)15-18-20(25-8-6-9-27-11-13-32-14-12-27)26-21-16(2)7-5-10-28(21)22(18)30/h5,7,10,15,17,25H,4,6,8-9,11-14H2,1-3H3/b19-15-/t17-/m1/s1. The summed E-state index contributed by atoms with van der Waals surface area (Å²) in [6.45, 7) is 11.0. The molecule has 2 aromatic rings. The zero-order chi connectivity index (χ0) is 24.2. The quantitative estimate of drug-likeness (QED) is 0.336. The lowest BCUT2D eigenvalue weighted by atomic mass is 10.2. The summed E-state index contributed by atoms with van der Waals surface area (Å²) in [5.74, 6) is 0.339. The van der Waals surface area contributed by atoms with Crippen LogP contribution in [0.4, 0.5) is 5.82 Å². The molecule has 0 aromatic carbocycles. The molecule has 2 aliphatic heterocycles. The van der Waals surface area contributed by atoms with Crippen LogP contribution in [0.3, 0.4) is 0 Å². The zero-order valence-corrected chi connectivity index (χ0v) is 21.5. The number of rotatable bonds is 8. The van der Waals surface area contributed by atoms with Gasteiger partial charge in [0.05, 0.1) is 23.7 Å². The number of carbonyl (C=O) groups is 1. The van der Waals surface area contributed by atoms with Gasteiger partial charge in [0.2, 0.25) is 0 Å². The number of aryl methyl sites for hydroxylation is 1. The Morgan fingerprint density at radius 3 is 2.82 bits per heavy atom. The van der Waals surface area contributed by atoms with Crippen molar-refractivity contribution >= 4 is 51.7 Å². The molecule has 4 heterocycles. The van der Waals surface area contributed by atoms with Crippen LogP contribution < -0.4 is 10.9 Å². The number of ether oxygens (including phenoxy) is 1. The van der Waals surface area contributed by atoms with Crippen molar-refractivity contribution in [2.45, 2.75) is 39.7 Å². The fourth-order valence-electron chi connectivity index (χ4n) is 4.08. The molecule has 0 radical (unpaired) electrons. The molecule has 2 fully saturated rings. The molecule has 4 rings (SSSR count). The number of amides is 1. The Balaban J connectivity index is 1.64. The SMILES string of the molecule is CC[C@@H](C)N1C(=O)/C(=C/c2c(NCCCN3CCOCC3)nc3c(C)cccn3c2=O)SC1=S. The van der Waals surface area contributed by atoms with Gasteiger partial charge in [0.1, 0.15) is 15.8 Å². The van der Waals surface area contributed by atoms with Crippen LogP contribution in [0.1, 0.15) is 37.8 Å². The van der Waals surface area contributed by atoms with Crippen molar-refractivity contribution in [2.24, 2.45) is 0 Å². The van der Waals surface area contributed by atoms with E-state index in [2.05, 4.69) is 10.2 Å². The molecule has 1 atom stereocenters. The summed E-state index contributed by atoms with van der Waals surface area (Å²) in [6.07, 6.45) is 5.07. The smallest absolute Gasteiger partial charge is 0.267 e. The summed E-state index contributed by atoms with van der Waals surface area (Å²) in [4.78, 5) is 35.8. The number of thioether (sulfide) groups is 1. The molecule has 0 bridgehead atoms. The Hall–Kier alpha value is -2.27. The largest absolute Gasteiger partial charge is 0.379 e. The monoisotopic (exact) mass is 501 g/mol. The van der Waals surface area contributed by atoms with Crippen LogP contribution in [0.15, 0.2) is 28.0 Å². The van der Waals surface area contributed by atoms with Crippen LogP contribution in [0, 0.1) is 6.92 Å². The fourth-order valence-corrected chi connectivity index (χ4v) is 5.53. The Morgan fingerprint density at radius 2 is 2.09 bits per heavy atom. The van der Waals surface area contributed by atoms with Crippen molar-refractivity contribution in [1.29, 1.82) is 0 Å². The molecule has 0 saturated carbocycles. The van der Waals surface area contributed by atoms with Gasteiger partial charge in [-0.15, -0.1) is 0 Å². The van der Waals surface area contributed by atoms with E-state index >= 15 is 0 Å². The third-order valence-electron chi connectivity index (χ3n) is 6.26. The summed E-state index contributed by atoms with van der Waals surface area (Å²) in [7, 11) is 0. The topological polar surface area (TPSA) is 79.2 Å². The molecule has 10 heteroatoms. The van der Waals surface area contributed by atoms with Gasteiger partial charge < -0.3 is 10.1 Å². The molecule has 2 aliphatic rings. The van der Waals surface area contributed by atoms with Gasteiger partial charge in [0.15, 0.2) is 0 Å². The number of nitrogens with one attached hydrogen (secondary N) is 1. The van der Waals surface area contributed by atoms with E-state index in [0.29, 0.717) is 32.8 Å². The van der Waals surface area contributed by atoms with Gasteiger partial charge >= 0.3 is 0 Å². The molecule has 1 amide bonds. The van der Waals surface area contributed by atoms with Crippen LogP contribution in [0.5, 0.6) is 0 Å². The Kier molecular flexibility index (Phi) is 8.02. The highest BCUT2D eigenvalue weighted by Gasteiger charge is 2.35. The molecule has 0 spiro atoms. The lowest BCUT2D eigenvalue weighted by molar-refractivity contribution is -0.123. The first-order valence-corrected chi connectivity index (χ1v) is 13.0. The molecule has 8 nitrogen and oxygen atoms in total. The van der Waals surface area contributed by atoms with Crippen molar-refractivity contribution in [3.05, 3.63) is 44.7 Å². The second-order valence-corrected chi connectivity index (χ2v) is 10.3. The summed E-state index contributed by atoms with van der Waals surface area (Å²) in [6, 6.07) is 3.77. The molecule has 2 aromatic heterocycles. The first-order valence-electron chi connectivity index (χ1n) is 11.7. The van der Waals surface area contributed by atoms with E-state index in [9.17, 15) is 9.59 Å². The lowest BCUT2D eigenvalue weighted by Crippen LogP contribution is -2.37. The van der Waals surface area contributed by atoms with E-state index in [1.54, 1.807) is 17.2 Å². The van der Waals surface area contributed by atoms with Crippen molar-refractivity contribution in [3.8, 4) is 0 Å². The Morgan fingerprint density at radius 1 is 1.32 bits per heavy atom. The van der Waals surface area contributed by atoms with Crippen LogP contribution in [-0.4, -0.2) is 74.8 Å².